The van der Waals surface area contributed by atoms with E-state index in [2.05, 4.69) is 9.47 Å². The second kappa shape index (κ2) is 3.70. The van der Waals surface area contributed by atoms with Crippen LogP contribution in [0.25, 0.3) is 0 Å². The number of carbonyl (C=O) groups is 2. The zero-order valence-electron chi connectivity index (χ0n) is 8.67. The van der Waals surface area contributed by atoms with Crippen LogP contribution in [-0.2, 0) is 9.47 Å². The Morgan fingerprint density at radius 3 is 2.25 bits per heavy atom. The van der Waals surface area contributed by atoms with E-state index in [0.717, 1.165) is 6.42 Å². The Kier molecular flexibility index (Phi) is 2.49. The quantitative estimate of drug-likeness (QED) is 0.704. The van der Waals surface area contributed by atoms with Crippen molar-refractivity contribution in [2.75, 3.05) is 0 Å². The van der Waals surface area contributed by atoms with Crippen LogP contribution in [0.2, 0.25) is 0 Å². The van der Waals surface area contributed by atoms with E-state index >= 15 is 0 Å². The molecule has 2 rings (SSSR count). The third-order valence-electron chi connectivity index (χ3n) is 3.23. The maximum atomic E-state index is 10.5. The van der Waals surface area contributed by atoms with Crippen LogP contribution in [-0.4, -0.2) is 22.5 Å². The van der Waals surface area contributed by atoms with E-state index in [0.29, 0.717) is 12.3 Å². The highest BCUT2D eigenvalue weighted by Gasteiger charge is 2.48. The lowest BCUT2D eigenvalue weighted by Gasteiger charge is -2.21. The summed E-state index contributed by atoms with van der Waals surface area (Å²) in [7, 11) is 0. The maximum Gasteiger partial charge on any atom is 0.511 e. The summed E-state index contributed by atoms with van der Waals surface area (Å²) in [6.07, 6.45) is -1.32. The van der Waals surface area contributed by atoms with Gasteiger partial charge in [-0.1, -0.05) is 6.92 Å². The van der Waals surface area contributed by atoms with Gasteiger partial charge in [0.1, 0.15) is 0 Å². The molecule has 0 aromatic rings. The summed E-state index contributed by atoms with van der Waals surface area (Å²) in [6, 6.07) is 0. The summed E-state index contributed by atoms with van der Waals surface area (Å²) in [5.74, 6) is 0.609. The summed E-state index contributed by atoms with van der Waals surface area (Å²) in [5.41, 5.74) is 0. The van der Waals surface area contributed by atoms with Gasteiger partial charge in [-0.05, 0) is 18.8 Å². The van der Waals surface area contributed by atoms with Crippen molar-refractivity contribution in [3.05, 3.63) is 11.5 Å². The Hall–Kier alpha value is -1.72. The molecule has 16 heavy (non-hydrogen) atoms. The van der Waals surface area contributed by atoms with Gasteiger partial charge < -0.3 is 19.7 Å². The van der Waals surface area contributed by atoms with Crippen LogP contribution in [0.3, 0.4) is 0 Å². The topological polar surface area (TPSA) is 93.1 Å². The molecule has 0 amide bonds. The molecule has 2 bridgehead atoms. The van der Waals surface area contributed by atoms with Crippen molar-refractivity contribution < 1.29 is 29.3 Å². The smallest absolute Gasteiger partial charge is 0.449 e. The number of hydrogen-bond acceptors (Lipinski definition) is 4. The number of allylic oxidation sites excluding steroid dienone is 2. The summed E-state index contributed by atoms with van der Waals surface area (Å²) < 4.78 is 9.25. The molecule has 0 radical (unpaired) electrons. The lowest BCUT2D eigenvalue weighted by Crippen LogP contribution is -2.18. The van der Waals surface area contributed by atoms with Crippen molar-refractivity contribution in [1.29, 1.82) is 0 Å². The average molecular weight is 228 g/mol. The van der Waals surface area contributed by atoms with Crippen molar-refractivity contribution in [3.63, 3.8) is 0 Å². The fraction of sp³-hybridized carbons (Fsp3) is 0.600. The minimum atomic E-state index is -1.43. The van der Waals surface area contributed by atoms with Gasteiger partial charge in [-0.3, -0.25) is 0 Å². The molecule has 0 aliphatic heterocycles. The second-order valence-corrected chi connectivity index (χ2v) is 4.22. The van der Waals surface area contributed by atoms with Crippen molar-refractivity contribution in [2.24, 2.45) is 17.8 Å². The van der Waals surface area contributed by atoms with Crippen LogP contribution in [0.5, 0.6) is 0 Å². The van der Waals surface area contributed by atoms with E-state index in [4.69, 9.17) is 10.2 Å². The van der Waals surface area contributed by atoms with Crippen LogP contribution >= 0.6 is 0 Å². The van der Waals surface area contributed by atoms with Gasteiger partial charge in [0.15, 0.2) is 11.5 Å². The predicted molar refractivity (Wildman–Crippen MR) is 50.6 cm³/mol. The molecule has 2 N–H and O–H groups in total. The number of ether oxygens (including phenoxy) is 2. The normalized spacial score (nSPS) is 31.7. The van der Waals surface area contributed by atoms with Gasteiger partial charge in [-0.2, -0.15) is 0 Å². The van der Waals surface area contributed by atoms with E-state index in [9.17, 15) is 9.59 Å². The van der Waals surface area contributed by atoms with Crippen molar-refractivity contribution in [3.8, 4) is 0 Å². The monoisotopic (exact) mass is 228 g/mol. The third-order valence-corrected chi connectivity index (χ3v) is 3.23. The largest absolute Gasteiger partial charge is 0.511 e. The maximum absolute atomic E-state index is 10.5. The number of hydrogen-bond donors (Lipinski definition) is 2. The summed E-state index contributed by atoms with van der Waals surface area (Å²) in [5, 5.41) is 17.1. The van der Waals surface area contributed by atoms with Gasteiger partial charge in [0.2, 0.25) is 0 Å². The van der Waals surface area contributed by atoms with Gasteiger partial charge in [0.25, 0.3) is 0 Å². The Morgan fingerprint density at radius 1 is 1.12 bits per heavy atom. The first-order valence-corrected chi connectivity index (χ1v) is 5.04. The standard InChI is InChI=1S/C10H12O6/c1-4-2-5-3-6(4)8(16-10(13)14)7(5)15-9(11)12/h4-6H,2-3H2,1H3,(H,11,12)(H,13,14). The zero-order valence-corrected chi connectivity index (χ0v) is 8.67. The van der Waals surface area contributed by atoms with E-state index in [1.807, 2.05) is 6.92 Å². The van der Waals surface area contributed by atoms with Gasteiger partial charge in [0.05, 0.1) is 0 Å². The van der Waals surface area contributed by atoms with E-state index < -0.39 is 12.3 Å². The van der Waals surface area contributed by atoms with E-state index in [1.54, 1.807) is 0 Å². The molecule has 0 saturated heterocycles. The number of carboxylic acid groups (broad SMARTS) is 2. The van der Waals surface area contributed by atoms with E-state index in [1.165, 1.54) is 0 Å². The molecule has 2 aliphatic carbocycles. The van der Waals surface area contributed by atoms with Crippen molar-refractivity contribution >= 4 is 12.3 Å². The highest BCUT2D eigenvalue weighted by atomic mass is 16.7. The molecule has 2 aliphatic rings. The molecule has 0 spiro atoms. The molecule has 6 heteroatoms. The highest BCUT2D eigenvalue weighted by molar-refractivity contribution is 5.61. The molecule has 1 saturated carbocycles. The van der Waals surface area contributed by atoms with Gasteiger partial charge in [0, 0.05) is 11.8 Å². The highest BCUT2D eigenvalue weighted by Crippen LogP contribution is 2.52. The van der Waals surface area contributed by atoms with Gasteiger partial charge >= 0.3 is 12.3 Å². The molecule has 3 atom stereocenters. The Bertz CT molecular complexity index is 372. The van der Waals surface area contributed by atoms with Crippen LogP contribution in [0.4, 0.5) is 9.59 Å². The first-order chi connectivity index (χ1) is 7.49. The molecular weight excluding hydrogens is 216 g/mol. The van der Waals surface area contributed by atoms with Crippen molar-refractivity contribution in [1.82, 2.24) is 0 Å². The second-order valence-electron chi connectivity index (χ2n) is 4.22. The summed E-state index contributed by atoms with van der Waals surface area (Å²) in [4.78, 5) is 21.0. The van der Waals surface area contributed by atoms with Crippen LogP contribution < -0.4 is 0 Å². The molecule has 3 unspecified atom stereocenters. The third kappa shape index (κ3) is 1.70. The fourth-order valence-electron chi connectivity index (χ4n) is 2.66. The van der Waals surface area contributed by atoms with Crippen LogP contribution in [0, 0.1) is 17.8 Å². The van der Waals surface area contributed by atoms with Gasteiger partial charge in [-0.15, -0.1) is 0 Å². The molecule has 6 nitrogen and oxygen atoms in total. The molecule has 88 valence electrons. The Balaban J connectivity index is 2.26. The Labute approximate surface area is 91.5 Å². The van der Waals surface area contributed by atoms with Crippen LogP contribution in [0.1, 0.15) is 19.8 Å². The molecular formula is C10H12O6. The summed E-state index contributed by atoms with van der Waals surface area (Å²) in [6.45, 7) is 1.99. The predicted octanol–water partition coefficient (Wildman–Crippen LogP) is 2.26. The van der Waals surface area contributed by atoms with E-state index in [-0.39, 0.29) is 23.4 Å². The number of fused-ring (bicyclic) bond motifs is 2. The van der Waals surface area contributed by atoms with Crippen LogP contribution in [0.15, 0.2) is 11.5 Å². The minimum absolute atomic E-state index is 0.0227. The molecule has 0 aromatic heterocycles. The lowest BCUT2D eigenvalue weighted by molar-refractivity contribution is 0.0829. The average Bonchev–Trinajstić information content (AvgIpc) is 2.63. The first-order valence-electron chi connectivity index (χ1n) is 5.04. The zero-order chi connectivity index (χ0) is 11.9. The lowest BCUT2D eigenvalue weighted by atomic mass is 9.93. The Morgan fingerprint density at radius 2 is 1.69 bits per heavy atom. The minimum Gasteiger partial charge on any atom is -0.449 e. The SMILES string of the molecule is CC1CC2CC1C(OC(=O)O)=C2OC(=O)O. The summed E-state index contributed by atoms with van der Waals surface area (Å²) >= 11 is 0. The first kappa shape index (κ1) is 10.8. The van der Waals surface area contributed by atoms with Gasteiger partial charge in [-0.25, -0.2) is 9.59 Å². The molecule has 1 fully saturated rings. The fourth-order valence-corrected chi connectivity index (χ4v) is 2.66. The number of rotatable bonds is 2. The molecule has 0 heterocycles. The van der Waals surface area contributed by atoms with Crippen molar-refractivity contribution in [2.45, 2.75) is 19.8 Å². The molecule has 0 aromatic carbocycles.